The van der Waals surface area contributed by atoms with E-state index in [9.17, 15) is 22.8 Å². The zero-order chi connectivity index (χ0) is 22.6. The number of amides is 2. The lowest BCUT2D eigenvalue weighted by molar-refractivity contribution is -0.140. The quantitative estimate of drug-likeness (QED) is 0.602. The number of hydrazine groups is 1. The average Bonchev–Trinajstić information content (AvgIpc) is 3.28. The van der Waals surface area contributed by atoms with Crippen molar-refractivity contribution < 1.29 is 27.5 Å². The summed E-state index contributed by atoms with van der Waals surface area (Å²) in [5.41, 5.74) is 0.249. The minimum Gasteiger partial charge on any atom is -0.465 e. The summed E-state index contributed by atoms with van der Waals surface area (Å²) in [6.07, 6.45) is 1.77. The summed E-state index contributed by atoms with van der Waals surface area (Å²) in [5, 5.41) is 2.47. The van der Waals surface area contributed by atoms with Gasteiger partial charge in [0.05, 0.1) is 24.1 Å². The molecule has 1 fully saturated rings. The molecule has 0 atom stereocenters. The van der Waals surface area contributed by atoms with E-state index in [0.29, 0.717) is 13.0 Å². The van der Waals surface area contributed by atoms with Crippen molar-refractivity contribution in [1.82, 2.24) is 19.3 Å². The van der Waals surface area contributed by atoms with Gasteiger partial charge in [-0.1, -0.05) is 18.2 Å². The highest BCUT2D eigenvalue weighted by atomic mass is 32.2. The van der Waals surface area contributed by atoms with Crippen LogP contribution in [-0.4, -0.2) is 79.3 Å². The van der Waals surface area contributed by atoms with Crippen molar-refractivity contribution in [3.8, 4) is 0 Å². The van der Waals surface area contributed by atoms with Crippen LogP contribution in [0, 0.1) is 0 Å². The number of hydrogen-bond acceptors (Lipinski definition) is 7. The van der Waals surface area contributed by atoms with Crippen LogP contribution in [0.1, 0.15) is 27.3 Å². The van der Waals surface area contributed by atoms with Gasteiger partial charge in [-0.25, -0.2) is 23.2 Å². The van der Waals surface area contributed by atoms with E-state index in [1.807, 2.05) is 0 Å². The maximum Gasteiger partial charge on any atom is 0.339 e. The van der Waals surface area contributed by atoms with Gasteiger partial charge in [0.25, 0.3) is 11.8 Å². The Hall–Kier alpha value is -3.31. The molecular formula is C20H22N4O6S. The molecule has 0 bridgehead atoms. The maximum atomic E-state index is 12.8. The third-order valence-corrected chi connectivity index (χ3v) is 6.58. The van der Waals surface area contributed by atoms with Gasteiger partial charge in [0.2, 0.25) is 10.0 Å². The molecule has 11 heteroatoms. The van der Waals surface area contributed by atoms with E-state index in [1.165, 1.54) is 54.6 Å². The van der Waals surface area contributed by atoms with Crippen molar-refractivity contribution in [3.63, 3.8) is 0 Å². The Kier molecular flexibility index (Phi) is 6.66. The van der Waals surface area contributed by atoms with Crippen LogP contribution >= 0.6 is 0 Å². The highest BCUT2D eigenvalue weighted by Gasteiger charge is 2.34. The molecule has 0 radical (unpaired) electrons. The van der Waals surface area contributed by atoms with E-state index in [-0.39, 0.29) is 22.7 Å². The van der Waals surface area contributed by atoms with Crippen LogP contribution in [0.15, 0.2) is 53.6 Å². The standard InChI is InChI=1S/C20H22N4O6S/c1-22(31(28,29)16-7-4-3-5-8-16)14-18(25)23-11-6-12-24(23)19(26)17-10-9-15(13-21-17)20(27)30-2/h3-5,7-10,13H,6,11-12,14H2,1-2H3. The topological polar surface area (TPSA) is 117 Å². The lowest BCUT2D eigenvalue weighted by Crippen LogP contribution is -2.49. The molecule has 1 aromatic carbocycles. The first kappa shape index (κ1) is 22.4. The molecule has 0 saturated carbocycles. The lowest BCUT2D eigenvalue weighted by atomic mass is 10.2. The van der Waals surface area contributed by atoms with E-state index < -0.39 is 34.4 Å². The molecule has 10 nitrogen and oxygen atoms in total. The second-order valence-electron chi connectivity index (χ2n) is 6.80. The van der Waals surface area contributed by atoms with Crippen LogP contribution in [0.5, 0.6) is 0 Å². The Labute approximate surface area is 180 Å². The summed E-state index contributed by atoms with van der Waals surface area (Å²) in [6, 6.07) is 10.6. The number of hydrogen-bond donors (Lipinski definition) is 0. The van der Waals surface area contributed by atoms with Crippen LogP contribution in [0.4, 0.5) is 0 Å². The molecule has 0 unspecified atom stereocenters. The SMILES string of the molecule is COC(=O)c1ccc(C(=O)N2CCCN2C(=O)CN(C)S(=O)(=O)c2ccccc2)nc1. The predicted octanol–water partition coefficient (Wildman–Crippen LogP) is 0.778. The summed E-state index contributed by atoms with van der Waals surface area (Å²) < 4.78 is 30.9. The smallest absolute Gasteiger partial charge is 0.339 e. The van der Waals surface area contributed by atoms with Gasteiger partial charge >= 0.3 is 5.97 Å². The van der Waals surface area contributed by atoms with Gasteiger partial charge in [-0.15, -0.1) is 0 Å². The summed E-state index contributed by atoms with van der Waals surface area (Å²) >= 11 is 0. The number of carbonyl (C=O) groups is 3. The Morgan fingerprint density at radius 2 is 1.74 bits per heavy atom. The summed E-state index contributed by atoms with van der Waals surface area (Å²) in [5.74, 6) is -1.62. The molecule has 2 amide bonds. The molecule has 3 rings (SSSR count). The van der Waals surface area contributed by atoms with Crippen LogP contribution in [-0.2, 0) is 19.6 Å². The molecular weight excluding hydrogens is 424 g/mol. The van der Waals surface area contributed by atoms with E-state index >= 15 is 0 Å². The van der Waals surface area contributed by atoms with Crippen molar-refractivity contribution in [2.45, 2.75) is 11.3 Å². The van der Waals surface area contributed by atoms with Crippen LogP contribution in [0.25, 0.3) is 0 Å². The molecule has 1 aliphatic heterocycles. The fourth-order valence-electron chi connectivity index (χ4n) is 3.10. The minimum absolute atomic E-state index is 0.0533. The van der Waals surface area contributed by atoms with Crippen molar-refractivity contribution >= 4 is 27.8 Å². The average molecular weight is 446 g/mol. The molecule has 1 aromatic heterocycles. The molecule has 31 heavy (non-hydrogen) atoms. The molecule has 2 aromatic rings. The molecule has 2 heterocycles. The molecule has 0 spiro atoms. The van der Waals surface area contributed by atoms with Gasteiger partial charge in [-0.2, -0.15) is 4.31 Å². The third kappa shape index (κ3) is 4.72. The molecule has 1 saturated heterocycles. The maximum absolute atomic E-state index is 12.8. The van der Waals surface area contributed by atoms with Crippen LogP contribution in [0.2, 0.25) is 0 Å². The first-order valence-electron chi connectivity index (χ1n) is 9.43. The number of ether oxygens (including phenoxy) is 1. The van der Waals surface area contributed by atoms with Crippen molar-refractivity contribution in [1.29, 1.82) is 0 Å². The number of likely N-dealkylation sites (N-methyl/N-ethyl adjacent to an activating group) is 1. The molecule has 164 valence electrons. The number of pyridine rings is 1. The van der Waals surface area contributed by atoms with Crippen LogP contribution < -0.4 is 0 Å². The number of rotatable bonds is 6. The Morgan fingerprint density at radius 1 is 1.06 bits per heavy atom. The fourth-order valence-corrected chi connectivity index (χ4v) is 4.24. The van der Waals surface area contributed by atoms with Gasteiger partial charge in [0.1, 0.15) is 5.69 Å². The van der Waals surface area contributed by atoms with Crippen molar-refractivity contribution in [2.24, 2.45) is 0 Å². The van der Waals surface area contributed by atoms with Gasteiger partial charge in [-0.3, -0.25) is 14.6 Å². The Balaban J connectivity index is 1.71. The van der Waals surface area contributed by atoms with E-state index in [2.05, 4.69) is 9.72 Å². The minimum atomic E-state index is -3.84. The third-order valence-electron chi connectivity index (χ3n) is 4.77. The fraction of sp³-hybridized carbons (Fsp3) is 0.300. The predicted molar refractivity (Wildman–Crippen MR) is 109 cm³/mol. The number of carbonyl (C=O) groups excluding carboxylic acids is 3. The summed E-state index contributed by atoms with van der Waals surface area (Å²) in [6.45, 7) is 0.153. The molecule has 1 aliphatic rings. The van der Waals surface area contributed by atoms with Crippen molar-refractivity contribution in [2.75, 3.05) is 33.8 Å². The number of aromatic nitrogens is 1. The second kappa shape index (κ2) is 9.23. The zero-order valence-electron chi connectivity index (χ0n) is 17.1. The van der Waals surface area contributed by atoms with Crippen molar-refractivity contribution in [3.05, 3.63) is 59.9 Å². The molecule has 0 N–H and O–H groups in total. The Morgan fingerprint density at radius 3 is 2.35 bits per heavy atom. The number of methoxy groups -OCH3 is 1. The summed E-state index contributed by atoms with van der Waals surface area (Å²) in [7, 11) is -1.29. The molecule has 0 aliphatic carbocycles. The first-order chi connectivity index (χ1) is 14.8. The highest BCUT2D eigenvalue weighted by molar-refractivity contribution is 7.89. The van der Waals surface area contributed by atoms with E-state index in [0.717, 1.165) is 4.31 Å². The number of benzene rings is 1. The monoisotopic (exact) mass is 446 g/mol. The zero-order valence-corrected chi connectivity index (χ0v) is 17.9. The number of nitrogens with zero attached hydrogens (tertiary/aromatic N) is 4. The van der Waals surface area contributed by atoms with Crippen LogP contribution in [0.3, 0.4) is 0 Å². The second-order valence-corrected chi connectivity index (χ2v) is 8.84. The number of sulfonamides is 1. The lowest BCUT2D eigenvalue weighted by Gasteiger charge is -2.29. The normalized spacial score (nSPS) is 14.0. The highest BCUT2D eigenvalue weighted by Crippen LogP contribution is 2.18. The van der Waals surface area contributed by atoms with Gasteiger partial charge < -0.3 is 4.74 Å². The summed E-state index contributed by atoms with van der Waals surface area (Å²) in [4.78, 5) is 41.2. The van der Waals surface area contributed by atoms with E-state index in [1.54, 1.807) is 18.2 Å². The Bertz CT molecular complexity index is 1070. The van der Waals surface area contributed by atoms with Gasteiger partial charge in [0, 0.05) is 26.3 Å². The van der Waals surface area contributed by atoms with Gasteiger partial charge in [0.15, 0.2) is 0 Å². The van der Waals surface area contributed by atoms with E-state index in [4.69, 9.17) is 0 Å². The first-order valence-corrected chi connectivity index (χ1v) is 10.9. The van der Waals surface area contributed by atoms with Gasteiger partial charge in [-0.05, 0) is 30.7 Å². The largest absolute Gasteiger partial charge is 0.465 e. The number of esters is 1.